The summed E-state index contributed by atoms with van der Waals surface area (Å²) in [5.41, 5.74) is -0.731. The van der Waals surface area contributed by atoms with E-state index in [2.05, 4.69) is 12.2 Å². The van der Waals surface area contributed by atoms with Gasteiger partial charge in [0.2, 0.25) is 5.92 Å². The van der Waals surface area contributed by atoms with Crippen molar-refractivity contribution in [2.45, 2.75) is 102 Å². The van der Waals surface area contributed by atoms with Gasteiger partial charge >= 0.3 is 0 Å². The number of hydrogen-bond donors (Lipinski definition) is 1. The van der Waals surface area contributed by atoms with Crippen LogP contribution in [-0.2, 0) is 5.92 Å². The highest BCUT2D eigenvalue weighted by Crippen LogP contribution is 2.54. The summed E-state index contributed by atoms with van der Waals surface area (Å²) < 4.78 is 61.8. The van der Waals surface area contributed by atoms with Gasteiger partial charge in [0, 0.05) is 42.8 Å². The van der Waals surface area contributed by atoms with Crippen LogP contribution in [0.1, 0.15) is 77.7 Å². The molecule has 1 saturated heterocycles. The van der Waals surface area contributed by atoms with Crippen LogP contribution in [0.5, 0.6) is 5.75 Å². The summed E-state index contributed by atoms with van der Waals surface area (Å²) in [4.78, 5) is 0. The van der Waals surface area contributed by atoms with Crippen molar-refractivity contribution in [1.82, 2.24) is 5.32 Å². The lowest BCUT2D eigenvalue weighted by molar-refractivity contribution is -0.0329. The van der Waals surface area contributed by atoms with Gasteiger partial charge in [-0.2, -0.15) is 0 Å². The molecule has 2 unspecified atom stereocenters. The summed E-state index contributed by atoms with van der Waals surface area (Å²) in [6.45, 7) is 5.02. The number of rotatable bonds is 6. The monoisotopic (exact) mass is 427 g/mol. The lowest BCUT2D eigenvalue weighted by atomic mass is 9.70. The Morgan fingerprint density at radius 1 is 1.10 bits per heavy atom. The van der Waals surface area contributed by atoms with Gasteiger partial charge in [0.05, 0.1) is 0 Å². The van der Waals surface area contributed by atoms with Gasteiger partial charge in [-0.05, 0) is 55.4 Å². The maximum absolute atomic E-state index is 14.2. The summed E-state index contributed by atoms with van der Waals surface area (Å²) in [7, 11) is 0. The Labute approximate surface area is 176 Å². The highest BCUT2D eigenvalue weighted by molar-refractivity contribution is 5.30. The van der Waals surface area contributed by atoms with Crippen LogP contribution in [-0.4, -0.2) is 24.1 Å². The second-order valence-electron chi connectivity index (χ2n) is 10.6. The molecule has 1 aromatic carbocycles. The van der Waals surface area contributed by atoms with Crippen molar-refractivity contribution in [3.63, 3.8) is 0 Å². The second-order valence-corrected chi connectivity index (χ2v) is 10.6. The Morgan fingerprint density at radius 3 is 2.40 bits per heavy atom. The fourth-order valence-electron chi connectivity index (χ4n) is 5.74. The van der Waals surface area contributed by atoms with Crippen LogP contribution in [0.2, 0.25) is 0 Å². The molecule has 1 aliphatic heterocycles. The van der Waals surface area contributed by atoms with Crippen molar-refractivity contribution >= 4 is 0 Å². The normalized spacial score (nSPS) is 36.6. The summed E-state index contributed by atoms with van der Waals surface area (Å²) in [5, 5.41) is 3.59. The Hall–Kier alpha value is -1.30. The lowest BCUT2D eigenvalue weighted by Gasteiger charge is -2.40. The number of fused-ring (bicyclic) bond motifs is 1. The van der Waals surface area contributed by atoms with E-state index < -0.39 is 17.3 Å². The first-order valence-corrected chi connectivity index (χ1v) is 11.2. The molecule has 0 amide bonds. The van der Waals surface area contributed by atoms with Crippen molar-refractivity contribution in [2.24, 2.45) is 10.8 Å². The van der Waals surface area contributed by atoms with Crippen LogP contribution in [0.3, 0.4) is 0 Å². The molecule has 0 bridgehead atoms. The van der Waals surface area contributed by atoms with Gasteiger partial charge in [-0.25, -0.2) is 17.6 Å². The molecule has 6 heteroatoms. The Morgan fingerprint density at radius 2 is 1.80 bits per heavy atom. The summed E-state index contributed by atoms with van der Waals surface area (Å²) in [6, 6.07) is 6.76. The van der Waals surface area contributed by atoms with E-state index in [1.807, 2.05) is 6.92 Å². The molecule has 1 heterocycles. The number of nitrogens with one attached hydrogen (secondary N) is 1. The molecule has 1 N–H and O–H groups in total. The fraction of sp³-hybridized carbons (Fsp3) is 0.750. The molecule has 0 radical (unpaired) electrons. The third-order valence-corrected chi connectivity index (χ3v) is 7.74. The largest absolute Gasteiger partial charge is 0.490 e. The minimum absolute atomic E-state index is 0.0108. The van der Waals surface area contributed by atoms with Gasteiger partial charge in [-0.3, -0.25) is 0 Å². The molecular weight excluding hydrogens is 394 g/mol. The predicted octanol–water partition coefficient (Wildman–Crippen LogP) is 6.68. The maximum atomic E-state index is 14.2. The van der Waals surface area contributed by atoms with E-state index in [1.54, 1.807) is 12.1 Å². The summed E-state index contributed by atoms with van der Waals surface area (Å²) in [6.07, 6.45) is 4.97. The van der Waals surface area contributed by atoms with E-state index in [0.29, 0.717) is 30.7 Å². The summed E-state index contributed by atoms with van der Waals surface area (Å²) >= 11 is 0. The number of halogens is 4. The molecule has 3 fully saturated rings. The number of alkyl halides is 4. The lowest BCUT2D eigenvalue weighted by Crippen LogP contribution is -2.42. The molecule has 0 aromatic heterocycles. The van der Waals surface area contributed by atoms with Crippen LogP contribution < -0.4 is 10.1 Å². The molecule has 2 aliphatic carbocycles. The minimum atomic E-state index is -2.92. The number of benzene rings is 1. The third kappa shape index (κ3) is 4.49. The molecule has 30 heavy (non-hydrogen) atoms. The summed E-state index contributed by atoms with van der Waals surface area (Å²) in [5.74, 6) is -5.12. The quantitative estimate of drug-likeness (QED) is 0.405. The van der Waals surface area contributed by atoms with Crippen molar-refractivity contribution in [3.05, 3.63) is 29.8 Å². The maximum Gasteiger partial charge on any atom is 0.270 e. The van der Waals surface area contributed by atoms with Gasteiger partial charge in [-0.1, -0.05) is 26.7 Å². The second kappa shape index (κ2) is 7.39. The van der Waals surface area contributed by atoms with Crippen molar-refractivity contribution in [1.29, 1.82) is 0 Å². The van der Waals surface area contributed by atoms with E-state index in [4.69, 9.17) is 4.74 Å². The molecule has 3 aliphatic rings. The van der Waals surface area contributed by atoms with Crippen LogP contribution in [0.25, 0.3) is 0 Å². The standard InChI is InChI=1S/C24H33F4NO/c1-21(11-5-4-6-18-20(21)29-18)14-19(22(2)12-13-24(27,28)15-22)30-17-9-7-16(8-10-17)23(3,25)26/h7-10,18-20,29H,4-6,11-15H2,1-3H3/t18?,19-,20?,21+,22-/m0/s1. The first-order chi connectivity index (χ1) is 13.9. The van der Waals surface area contributed by atoms with E-state index in [0.717, 1.165) is 19.8 Å². The first kappa shape index (κ1) is 21.9. The van der Waals surface area contributed by atoms with Crippen molar-refractivity contribution in [2.75, 3.05) is 0 Å². The molecule has 5 atom stereocenters. The van der Waals surface area contributed by atoms with Crippen molar-refractivity contribution in [3.8, 4) is 5.75 Å². The van der Waals surface area contributed by atoms with E-state index in [1.165, 1.54) is 25.0 Å². The predicted molar refractivity (Wildman–Crippen MR) is 109 cm³/mol. The van der Waals surface area contributed by atoms with Gasteiger partial charge in [-0.15, -0.1) is 0 Å². The topological polar surface area (TPSA) is 31.2 Å². The average Bonchev–Trinajstić information content (AvgIpc) is 3.38. The number of hydrogen-bond acceptors (Lipinski definition) is 2. The zero-order valence-corrected chi connectivity index (χ0v) is 18.1. The first-order valence-electron chi connectivity index (χ1n) is 11.2. The van der Waals surface area contributed by atoms with Gasteiger partial charge in [0.15, 0.2) is 0 Å². The van der Waals surface area contributed by atoms with Crippen LogP contribution in [0.15, 0.2) is 24.3 Å². The molecule has 4 rings (SSSR count). The van der Waals surface area contributed by atoms with Crippen molar-refractivity contribution < 1.29 is 22.3 Å². The van der Waals surface area contributed by atoms with Crippen LogP contribution in [0.4, 0.5) is 17.6 Å². The molecular formula is C24H33F4NO. The molecule has 168 valence electrons. The van der Waals surface area contributed by atoms with Crippen LogP contribution >= 0.6 is 0 Å². The minimum Gasteiger partial charge on any atom is -0.490 e. The third-order valence-electron chi connectivity index (χ3n) is 7.74. The Balaban J connectivity index is 1.58. The Bertz CT molecular complexity index is 761. The van der Waals surface area contributed by atoms with Gasteiger partial charge in [0.1, 0.15) is 11.9 Å². The van der Waals surface area contributed by atoms with Gasteiger partial charge < -0.3 is 10.1 Å². The highest BCUT2D eigenvalue weighted by Gasteiger charge is 2.56. The zero-order valence-electron chi connectivity index (χ0n) is 18.1. The van der Waals surface area contributed by atoms with E-state index in [-0.39, 0.29) is 29.9 Å². The highest BCUT2D eigenvalue weighted by atomic mass is 19.3. The van der Waals surface area contributed by atoms with E-state index in [9.17, 15) is 17.6 Å². The molecule has 0 spiro atoms. The van der Waals surface area contributed by atoms with Crippen LogP contribution in [0, 0.1) is 10.8 Å². The molecule has 2 saturated carbocycles. The van der Waals surface area contributed by atoms with E-state index >= 15 is 0 Å². The smallest absolute Gasteiger partial charge is 0.270 e. The molecule has 1 aromatic rings. The zero-order chi connectivity index (χ0) is 21.8. The number of ether oxygens (including phenoxy) is 1. The van der Waals surface area contributed by atoms with Gasteiger partial charge in [0.25, 0.3) is 5.92 Å². The molecule has 2 nitrogen and oxygen atoms in total. The Kier molecular flexibility index (Phi) is 5.40. The average molecular weight is 428 g/mol. The SMILES string of the molecule is CC(F)(F)c1ccc(O[C@@H](C[C@@]2(C)CCCCC3NC32)[C@@]2(C)CCC(F)(F)C2)cc1. The fourth-order valence-corrected chi connectivity index (χ4v) is 5.74.